The van der Waals surface area contributed by atoms with Gasteiger partial charge in [0.25, 0.3) is 0 Å². The molecular formula is C20H25NO2. The molecule has 2 atom stereocenters. The van der Waals surface area contributed by atoms with Crippen LogP contribution in [0.4, 0.5) is 0 Å². The summed E-state index contributed by atoms with van der Waals surface area (Å²) in [5.41, 5.74) is 2.89. The highest BCUT2D eigenvalue weighted by atomic mass is 16.3. The zero-order valence-corrected chi connectivity index (χ0v) is 13.7. The lowest BCUT2D eigenvalue weighted by molar-refractivity contribution is -0.129. The molecule has 1 aliphatic heterocycles. The molecule has 3 nitrogen and oxygen atoms in total. The van der Waals surface area contributed by atoms with E-state index in [9.17, 15) is 9.90 Å². The average Bonchev–Trinajstić information content (AvgIpc) is 3.29. The van der Waals surface area contributed by atoms with E-state index in [0.29, 0.717) is 18.0 Å². The fourth-order valence-electron chi connectivity index (χ4n) is 5.85. The molecule has 122 valence electrons. The van der Waals surface area contributed by atoms with E-state index in [0.717, 1.165) is 44.7 Å². The molecule has 0 aromatic heterocycles. The second-order valence-electron chi connectivity index (χ2n) is 8.52. The van der Waals surface area contributed by atoms with Crippen LogP contribution in [0.5, 0.6) is 5.75 Å². The molecule has 0 spiro atoms. The summed E-state index contributed by atoms with van der Waals surface area (Å²) in [4.78, 5) is 15.0. The first-order valence-corrected chi connectivity index (χ1v) is 9.17. The normalized spacial score (nSPS) is 36.4. The van der Waals surface area contributed by atoms with Gasteiger partial charge < -0.3 is 10.0 Å². The maximum absolute atomic E-state index is 12.3. The Kier molecular flexibility index (Phi) is 2.80. The van der Waals surface area contributed by atoms with Crippen LogP contribution in [-0.4, -0.2) is 35.4 Å². The zero-order valence-electron chi connectivity index (χ0n) is 13.7. The number of Topliss-reactive ketones (excluding diaryl/α,β-unsaturated/α-hetero) is 1. The Morgan fingerprint density at radius 3 is 2.91 bits per heavy atom. The number of hydrogen-bond donors (Lipinski definition) is 1. The summed E-state index contributed by atoms with van der Waals surface area (Å²) in [7, 11) is 0. The molecule has 4 aliphatic rings. The molecule has 1 heterocycles. The van der Waals surface area contributed by atoms with Crippen LogP contribution in [0.15, 0.2) is 18.2 Å². The number of benzene rings is 1. The highest BCUT2D eigenvalue weighted by Gasteiger charge is 2.62. The van der Waals surface area contributed by atoms with Crippen molar-refractivity contribution in [2.75, 3.05) is 19.6 Å². The van der Waals surface area contributed by atoms with Crippen LogP contribution in [0.2, 0.25) is 0 Å². The second-order valence-corrected chi connectivity index (χ2v) is 8.52. The number of rotatable bonds is 2. The summed E-state index contributed by atoms with van der Waals surface area (Å²) in [5, 5.41) is 10.0. The number of phenolic OH excluding ortho intramolecular Hbond substituents is 1. The van der Waals surface area contributed by atoms with Crippen molar-refractivity contribution < 1.29 is 9.90 Å². The van der Waals surface area contributed by atoms with Crippen LogP contribution in [0.1, 0.15) is 49.7 Å². The largest absolute Gasteiger partial charge is 0.508 e. The van der Waals surface area contributed by atoms with Crippen molar-refractivity contribution >= 4 is 5.78 Å². The molecule has 23 heavy (non-hydrogen) atoms. The number of nitrogens with zero attached hydrogens (tertiary/aromatic N) is 1. The van der Waals surface area contributed by atoms with E-state index in [1.165, 1.54) is 30.5 Å². The van der Waals surface area contributed by atoms with Gasteiger partial charge in [-0.2, -0.15) is 0 Å². The molecule has 1 aromatic carbocycles. The standard InChI is InChI=1S/C20H25NO2/c22-16-4-3-15-10-19-6-5-17(23)11-20(19,18(15)9-16)7-8-21(13-19)12-14-1-2-14/h3-4,9,14,22H,1-2,5-8,10-13H2/t19-,20-/m1/s1. The summed E-state index contributed by atoms with van der Waals surface area (Å²) >= 11 is 0. The first-order valence-electron chi connectivity index (χ1n) is 9.17. The van der Waals surface area contributed by atoms with Crippen LogP contribution in [0.3, 0.4) is 0 Å². The van der Waals surface area contributed by atoms with E-state index in [4.69, 9.17) is 0 Å². The van der Waals surface area contributed by atoms with Crippen molar-refractivity contribution in [3.05, 3.63) is 29.3 Å². The van der Waals surface area contributed by atoms with Gasteiger partial charge in [-0.1, -0.05) is 6.07 Å². The number of carbonyl (C=O) groups is 1. The first-order chi connectivity index (χ1) is 11.1. The lowest BCUT2D eigenvalue weighted by Gasteiger charge is -2.56. The van der Waals surface area contributed by atoms with E-state index >= 15 is 0 Å². The summed E-state index contributed by atoms with van der Waals surface area (Å²) in [6.45, 7) is 3.51. The molecule has 3 heteroatoms. The lowest BCUT2D eigenvalue weighted by atomic mass is 9.53. The smallest absolute Gasteiger partial charge is 0.133 e. The molecule has 0 amide bonds. The molecule has 1 N–H and O–H groups in total. The highest BCUT2D eigenvalue weighted by molar-refractivity contribution is 5.82. The molecule has 1 aromatic rings. The second kappa shape index (κ2) is 4.60. The molecule has 1 saturated heterocycles. The number of phenols is 1. The molecule has 3 fully saturated rings. The number of hydrogen-bond acceptors (Lipinski definition) is 3. The SMILES string of the molecule is O=C1CC[C@]23Cc4ccc(O)cc4[C@@]2(CCN(CC2CC2)C3)C1. The van der Waals surface area contributed by atoms with Crippen molar-refractivity contribution in [2.45, 2.75) is 50.4 Å². The number of fused-ring (bicyclic) bond motifs is 1. The Balaban J connectivity index is 1.57. The van der Waals surface area contributed by atoms with Crippen molar-refractivity contribution in [3.8, 4) is 5.75 Å². The Hall–Kier alpha value is -1.35. The van der Waals surface area contributed by atoms with E-state index in [1.54, 1.807) is 0 Å². The highest BCUT2D eigenvalue weighted by Crippen LogP contribution is 2.63. The summed E-state index contributed by atoms with van der Waals surface area (Å²) in [6.07, 6.45) is 7.46. The molecule has 0 radical (unpaired) electrons. The van der Waals surface area contributed by atoms with Gasteiger partial charge in [0.05, 0.1) is 0 Å². The molecular weight excluding hydrogens is 286 g/mol. The quantitative estimate of drug-likeness (QED) is 0.912. The Morgan fingerprint density at radius 1 is 1.22 bits per heavy atom. The van der Waals surface area contributed by atoms with Gasteiger partial charge in [0.2, 0.25) is 0 Å². The third kappa shape index (κ3) is 1.95. The number of piperidine rings is 1. The van der Waals surface area contributed by atoms with Gasteiger partial charge in [-0.25, -0.2) is 0 Å². The maximum Gasteiger partial charge on any atom is 0.133 e. The van der Waals surface area contributed by atoms with Gasteiger partial charge >= 0.3 is 0 Å². The average molecular weight is 311 g/mol. The first kappa shape index (κ1) is 14.0. The zero-order chi connectivity index (χ0) is 15.7. The van der Waals surface area contributed by atoms with Gasteiger partial charge in [0, 0.05) is 31.3 Å². The van der Waals surface area contributed by atoms with E-state index in [-0.39, 0.29) is 10.8 Å². The number of aromatic hydroxyl groups is 1. The van der Waals surface area contributed by atoms with Gasteiger partial charge in [-0.05, 0) is 73.2 Å². The predicted molar refractivity (Wildman–Crippen MR) is 88.6 cm³/mol. The molecule has 0 unspecified atom stereocenters. The third-order valence-corrected chi connectivity index (χ3v) is 7.13. The van der Waals surface area contributed by atoms with Crippen LogP contribution < -0.4 is 0 Å². The van der Waals surface area contributed by atoms with Gasteiger partial charge in [-0.15, -0.1) is 0 Å². The predicted octanol–water partition coefficient (Wildman–Crippen LogP) is 3.04. The van der Waals surface area contributed by atoms with E-state index < -0.39 is 0 Å². The van der Waals surface area contributed by atoms with Gasteiger partial charge in [-0.3, -0.25) is 4.79 Å². The van der Waals surface area contributed by atoms with Gasteiger partial charge in [0.15, 0.2) is 0 Å². The van der Waals surface area contributed by atoms with E-state index in [1.807, 2.05) is 12.1 Å². The number of likely N-dealkylation sites (tertiary alicyclic amines) is 1. The minimum atomic E-state index is -0.00351. The summed E-state index contributed by atoms with van der Waals surface area (Å²) in [6, 6.07) is 5.89. The fraction of sp³-hybridized carbons (Fsp3) is 0.650. The van der Waals surface area contributed by atoms with Crippen LogP contribution in [-0.2, 0) is 16.6 Å². The monoisotopic (exact) mass is 311 g/mol. The van der Waals surface area contributed by atoms with E-state index in [2.05, 4.69) is 11.0 Å². The summed E-state index contributed by atoms with van der Waals surface area (Å²) < 4.78 is 0. The molecule has 5 rings (SSSR count). The minimum Gasteiger partial charge on any atom is -0.508 e. The maximum atomic E-state index is 12.3. The molecule has 0 bridgehead atoms. The Labute approximate surface area is 137 Å². The van der Waals surface area contributed by atoms with Crippen LogP contribution in [0, 0.1) is 11.3 Å². The number of ketones is 1. The van der Waals surface area contributed by atoms with Gasteiger partial charge in [0.1, 0.15) is 11.5 Å². The Bertz CT molecular complexity index is 680. The molecule has 2 saturated carbocycles. The number of carbonyl (C=O) groups excluding carboxylic acids is 1. The van der Waals surface area contributed by atoms with Crippen molar-refractivity contribution in [2.24, 2.45) is 11.3 Å². The molecule has 3 aliphatic carbocycles. The van der Waals surface area contributed by atoms with Crippen molar-refractivity contribution in [1.29, 1.82) is 0 Å². The van der Waals surface area contributed by atoms with Crippen LogP contribution in [0.25, 0.3) is 0 Å². The van der Waals surface area contributed by atoms with Crippen LogP contribution >= 0.6 is 0 Å². The lowest BCUT2D eigenvalue weighted by Crippen LogP contribution is -2.59. The summed E-state index contributed by atoms with van der Waals surface area (Å²) in [5.74, 6) is 1.71. The minimum absolute atomic E-state index is 0.00351. The van der Waals surface area contributed by atoms with Crippen molar-refractivity contribution in [1.82, 2.24) is 4.90 Å². The Morgan fingerprint density at radius 2 is 2.09 bits per heavy atom. The van der Waals surface area contributed by atoms with Crippen molar-refractivity contribution in [3.63, 3.8) is 0 Å². The topological polar surface area (TPSA) is 40.5 Å². The third-order valence-electron chi connectivity index (χ3n) is 7.13. The fourth-order valence-corrected chi connectivity index (χ4v) is 5.85.